The van der Waals surface area contributed by atoms with Gasteiger partial charge in [0.25, 0.3) is 5.69 Å². The number of nitro groups is 1. The Kier molecular flexibility index (Phi) is 3.97. The molecule has 6 heteroatoms. The van der Waals surface area contributed by atoms with Gasteiger partial charge in [0.2, 0.25) is 11.8 Å². The fourth-order valence-electron chi connectivity index (χ4n) is 6.72. The summed E-state index contributed by atoms with van der Waals surface area (Å²) in [7, 11) is 0. The van der Waals surface area contributed by atoms with E-state index in [0.717, 1.165) is 22.3 Å². The summed E-state index contributed by atoms with van der Waals surface area (Å²) in [5, 5.41) is 11.5. The molecule has 3 aromatic carbocycles. The molecule has 3 aliphatic carbocycles. The number of carbonyl (C=O) groups excluding carboxylic acids is 2. The van der Waals surface area contributed by atoms with Crippen molar-refractivity contribution in [3.63, 3.8) is 0 Å². The number of carbonyl (C=O) groups is 2. The number of benzene rings is 3. The molecule has 4 aliphatic rings. The number of hydrogen-bond acceptors (Lipinski definition) is 4. The molecule has 0 spiro atoms. The first-order valence-corrected chi connectivity index (χ1v) is 11.2. The molecule has 7 rings (SSSR count). The first-order valence-electron chi connectivity index (χ1n) is 11.2. The van der Waals surface area contributed by atoms with E-state index in [-0.39, 0.29) is 29.1 Å². The second-order valence-electron chi connectivity index (χ2n) is 9.22. The zero-order chi connectivity index (χ0) is 23.1. The Morgan fingerprint density at radius 2 is 1.55 bits per heavy atom. The highest BCUT2D eigenvalue weighted by atomic mass is 16.6. The van der Waals surface area contributed by atoms with Crippen molar-refractivity contribution in [3.8, 4) is 0 Å². The van der Waals surface area contributed by atoms with Crippen molar-refractivity contribution in [3.05, 3.63) is 105 Å². The molecular formula is C27H22N2O4. The van der Waals surface area contributed by atoms with E-state index < -0.39 is 22.2 Å². The second-order valence-corrected chi connectivity index (χ2v) is 9.22. The number of nitrogens with zero attached hydrogens (tertiary/aromatic N) is 2. The van der Waals surface area contributed by atoms with E-state index >= 15 is 0 Å². The summed E-state index contributed by atoms with van der Waals surface area (Å²) in [6, 6.07) is 20.9. The number of anilines is 1. The van der Waals surface area contributed by atoms with Crippen LogP contribution in [0.5, 0.6) is 0 Å². The Morgan fingerprint density at radius 3 is 2.12 bits per heavy atom. The monoisotopic (exact) mass is 438 g/mol. The van der Waals surface area contributed by atoms with E-state index in [4.69, 9.17) is 0 Å². The van der Waals surface area contributed by atoms with Gasteiger partial charge in [0.1, 0.15) is 0 Å². The summed E-state index contributed by atoms with van der Waals surface area (Å²) in [6.45, 7) is 3.72. The Hall–Kier alpha value is -3.80. The van der Waals surface area contributed by atoms with Crippen molar-refractivity contribution < 1.29 is 14.5 Å². The molecule has 6 nitrogen and oxygen atoms in total. The molecule has 0 saturated carbocycles. The lowest BCUT2D eigenvalue weighted by molar-refractivity contribution is -0.385. The van der Waals surface area contributed by atoms with Gasteiger partial charge in [0, 0.05) is 23.0 Å². The number of imide groups is 1. The number of rotatable bonds is 3. The van der Waals surface area contributed by atoms with Crippen LogP contribution in [0.3, 0.4) is 0 Å². The highest BCUT2D eigenvalue weighted by Crippen LogP contribution is 2.65. The van der Waals surface area contributed by atoms with Gasteiger partial charge < -0.3 is 0 Å². The molecule has 0 N–H and O–H groups in total. The van der Waals surface area contributed by atoms with E-state index in [1.807, 2.05) is 24.3 Å². The third kappa shape index (κ3) is 2.28. The number of aryl methyl sites for hydroxylation is 1. The van der Waals surface area contributed by atoms with Crippen LogP contribution in [-0.4, -0.2) is 16.7 Å². The van der Waals surface area contributed by atoms with Crippen LogP contribution >= 0.6 is 0 Å². The Labute approximate surface area is 191 Å². The summed E-state index contributed by atoms with van der Waals surface area (Å²) in [5.74, 6) is -1.81. The molecule has 164 valence electrons. The van der Waals surface area contributed by atoms with Crippen molar-refractivity contribution in [2.45, 2.75) is 31.6 Å². The van der Waals surface area contributed by atoms with Crippen LogP contribution in [0.25, 0.3) is 0 Å². The molecule has 3 aromatic rings. The SMILES string of the molecule is CCC12c3ccccc3C(c3ccccc31)[C@H]1C(=O)N(c3ccc(C)c([N+](=O)[O-])c3)C(=O)[C@@H]12. The largest absolute Gasteiger partial charge is 0.274 e. The quantitative estimate of drug-likeness (QED) is 0.332. The van der Waals surface area contributed by atoms with Crippen LogP contribution in [0, 0.1) is 28.9 Å². The fourth-order valence-corrected chi connectivity index (χ4v) is 6.72. The van der Waals surface area contributed by atoms with Gasteiger partial charge in [-0.15, -0.1) is 0 Å². The highest BCUT2D eigenvalue weighted by molar-refractivity contribution is 6.24. The van der Waals surface area contributed by atoms with E-state index in [2.05, 4.69) is 31.2 Å². The molecule has 1 saturated heterocycles. The predicted molar refractivity (Wildman–Crippen MR) is 123 cm³/mol. The Bertz CT molecular complexity index is 1330. The van der Waals surface area contributed by atoms with Gasteiger partial charge in [-0.3, -0.25) is 19.7 Å². The first kappa shape index (κ1) is 19.9. The molecule has 2 amide bonds. The van der Waals surface area contributed by atoms with E-state index in [9.17, 15) is 19.7 Å². The fraction of sp³-hybridized carbons (Fsp3) is 0.259. The van der Waals surface area contributed by atoms with Crippen LogP contribution in [0.15, 0.2) is 66.7 Å². The van der Waals surface area contributed by atoms with Crippen molar-refractivity contribution in [2.24, 2.45) is 11.8 Å². The molecule has 0 unspecified atom stereocenters. The number of hydrogen-bond donors (Lipinski definition) is 0. The average molecular weight is 438 g/mol. The summed E-state index contributed by atoms with van der Waals surface area (Å²) in [6.07, 6.45) is 0.676. The molecule has 0 radical (unpaired) electrons. The summed E-state index contributed by atoms with van der Waals surface area (Å²) in [4.78, 5) is 40.2. The molecule has 0 aromatic heterocycles. The minimum absolute atomic E-state index is 0.0947. The number of nitro benzene ring substituents is 1. The maximum absolute atomic E-state index is 14.0. The van der Waals surface area contributed by atoms with Gasteiger partial charge >= 0.3 is 0 Å². The summed E-state index contributed by atoms with van der Waals surface area (Å²) >= 11 is 0. The van der Waals surface area contributed by atoms with Crippen molar-refractivity contribution in [1.29, 1.82) is 0 Å². The molecule has 1 fully saturated rings. The third-order valence-corrected chi connectivity index (χ3v) is 8.00. The maximum Gasteiger partial charge on any atom is 0.274 e. The smallest absolute Gasteiger partial charge is 0.274 e. The Balaban J connectivity index is 1.60. The maximum atomic E-state index is 14.0. The normalized spacial score (nSPS) is 26.7. The molecule has 1 heterocycles. The lowest BCUT2D eigenvalue weighted by Crippen LogP contribution is -2.53. The van der Waals surface area contributed by atoms with Gasteiger partial charge in [-0.1, -0.05) is 61.5 Å². The van der Waals surface area contributed by atoms with E-state index in [1.165, 1.54) is 11.0 Å². The topological polar surface area (TPSA) is 80.5 Å². The molecule has 1 aliphatic heterocycles. The van der Waals surface area contributed by atoms with Gasteiger partial charge in [-0.05, 0) is 41.7 Å². The molecule has 33 heavy (non-hydrogen) atoms. The lowest BCUT2D eigenvalue weighted by atomic mass is 9.46. The third-order valence-electron chi connectivity index (χ3n) is 8.00. The standard InChI is InChI=1S/C27H22N2O4/c1-3-27-19-10-6-4-8-17(19)22(18-9-5-7-11-20(18)27)23-24(27)26(31)28(25(23)30)16-13-12-15(2)21(14-16)29(32)33/h4-14,22-24H,3H2,1-2H3/t22?,23-,24-,27?/m1/s1. The van der Waals surface area contributed by atoms with Crippen molar-refractivity contribution >= 4 is 23.2 Å². The van der Waals surface area contributed by atoms with Crippen LogP contribution in [-0.2, 0) is 15.0 Å². The summed E-state index contributed by atoms with van der Waals surface area (Å²) in [5.41, 5.74) is 4.52. The van der Waals surface area contributed by atoms with E-state index in [1.54, 1.807) is 19.1 Å². The van der Waals surface area contributed by atoms with Gasteiger partial charge in [-0.25, -0.2) is 4.90 Å². The minimum Gasteiger partial charge on any atom is -0.274 e. The zero-order valence-corrected chi connectivity index (χ0v) is 18.3. The molecule has 2 bridgehead atoms. The minimum atomic E-state index is -0.606. The van der Waals surface area contributed by atoms with E-state index in [0.29, 0.717) is 12.0 Å². The van der Waals surface area contributed by atoms with Gasteiger partial charge in [-0.2, -0.15) is 0 Å². The average Bonchev–Trinajstić information content (AvgIpc) is 3.10. The van der Waals surface area contributed by atoms with Gasteiger partial charge in [0.05, 0.1) is 22.4 Å². The number of amides is 2. The first-order chi connectivity index (χ1) is 15.9. The second kappa shape index (κ2) is 6.61. The highest BCUT2D eigenvalue weighted by Gasteiger charge is 2.67. The summed E-state index contributed by atoms with van der Waals surface area (Å²) < 4.78 is 0. The Morgan fingerprint density at radius 1 is 0.939 bits per heavy atom. The van der Waals surface area contributed by atoms with Gasteiger partial charge in [0.15, 0.2) is 0 Å². The van der Waals surface area contributed by atoms with Crippen molar-refractivity contribution in [2.75, 3.05) is 4.90 Å². The van der Waals surface area contributed by atoms with Crippen LogP contribution in [0.4, 0.5) is 11.4 Å². The molecular weight excluding hydrogens is 416 g/mol. The molecule has 2 atom stereocenters. The van der Waals surface area contributed by atoms with Crippen LogP contribution in [0.2, 0.25) is 0 Å². The zero-order valence-electron chi connectivity index (χ0n) is 18.3. The van der Waals surface area contributed by atoms with Crippen LogP contribution < -0.4 is 4.90 Å². The van der Waals surface area contributed by atoms with Crippen molar-refractivity contribution in [1.82, 2.24) is 0 Å². The van der Waals surface area contributed by atoms with Crippen LogP contribution in [0.1, 0.15) is 47.1 Å². The predicted octanol–water partition coefficient (Wildman–Crippen LogP) is 4.86. The lowest BCUT2D eigenvalue weighted by Gasteiger charge is -2.54.